The molecule has 0 saturated carbocycles. The molecule has 4 aromatic rings. The van der Waals surface area contributed by atoms with Crippen molar-refractivity contribution in [3.63, 3.8) is 0 Å². The summed E-state index contributed by atoms with van der Waals surface area (Å²) in [6, 6.07) is 25.3. The Morgan fingerprint density at radius 1 is 0.968 bits per heavy atom. The number of benzene rings is 3. The third-order valence-corrected chi connectivity index (χ3v) is 5.89. The third-order valence-electron chi connectivity index (χ3n) is 5.64. The molecule has 5 rings (SSSR count). The molecule has 1 aromatic heterocycles. The van der Waals surface area contributed by atoms with Crippen LogP contribution in [0.15, 0.2) is 78.9 Å². The van der Waals surface area contributed by atoms with E-state index in [1.165, 1.54) is 0 Å². The molecule has 1 atom stereocenters. The van der Waals surface area contributed by atoms with E-state index in [4.69, 9.17) is 21.3 Å². The molecule has 156 valence electrons. The maximum atomic E-state index is 12.8. The standard InChI is InChI=1S/C25H22ClN3O2/c26-19-10-12-20(13-11-19)29-17-18(16-24(29)30)25-27-22-8-4-5-9-23(22)28(25)14-15-31-21-6-2-1-3-7-21/h1-13,18H,14-17H2/t18-/m1/s1. The van der Waals surface area contributed by atoms with Crippen LogP contribution in [0.4, 0.5) is 5.69 Å². The molecule has 2 heterocycles. The molecule has 1 fully saturated rings. The number of aromatic nitrogens is 2. The second kappa shape index (κ2) is 8.44. The first-order valence-corrected chi connectivity index (χ1v) is 10.8. The molecule has 0 spiro atoms. The molecule has 6 heteroatoms. The van der Waals surface area contributed by atoms with Crippen molar-refractivity contribution in [2.45, 2.75) is 18.9 Å². The van der Waals surface area contributed by atoms with Gasteiger partial charge < -0.3 is 14.2 Å². The number of rotatable bonds is 6. The lowest BCUT2D eigenvalue weighted by molar-refractivity contribution is -0.117. The van der Waals surface area contributed by atoms with Gasteiger partial charge in [-0.25, -0.2) is 4.98 Å². The summed E-state index contributed by atoms with van der Waals surface area (Å²) in [7, 11) is 0. The molecule has 31 heavy (non-hydrogen) atoms. The van der Waals surface area contributed by atoms with Crippen LogP contribution >= 0.6 is 11.6 Å². The highest BCUT2D eigenvalue weighted by atomic mass is 35.5. The van der Waals surface area contributed by atoms with E-state index in [0.717, 1.165) is 28.3 Å². The third kappa shape index (κ3) is 4.01. The number of imidazole rings is 1. The number of carbonyl (C=O) groups excluding carboxylic acids is 1. The number of fused-ring (bicyclic) bond motifs is 1. The lowest BCUT2D eigenvalue weighted by Crippen LogP contribution is -2.24. The Kier molecular flexibility index (Phi) is 5.35. The molecule has 1 saturated heterocycles. The average molecular weight is 432 g/mol. The fraction of sp³-hybridized carbons (Fsp3) is 0.200. The van der Waals surface area contributed by atoms with Gasteiger partial charge in [-0.1, -0.05) is 41.9 Å². The average Bonchev–Trinajstić information content (AvgIpc) is 3.36. The molecular weight excluding hydrogens is 410 g/mol. The predicted octanol–water partition coefficient (Wildman–Crippen LogP) is 5.29. The van der Waals surface area contributed by atoms with Crippen molar-refractivity contribution in [3.8, 4) is 5.75 Å². The van der Waals surface area contributed by atoms with Gasteiger partial charge in [-0.05, 0) is 48.5 Å². The number of para-hydroxylation sites is 3. The van der Waals surface area contributed by atoms with E-state index >= 15 is 0 Å². The van der Waals surface area contributed by atoms with Crippen molar-refractivity contribution in [2.24, 2.45) is 0 Å². The Labute approximate surface area is 185 Å². The Balaban J connectivity index is 1.40. The maximum Gasteiger partial charge on any atom is 0.227 e. The van der Waals surface area contributed by atoms with Gasteiger partial charge in [-0.2, -0.15) is 0 Å². The second-order valence-corrected chi connectivity index (χ2v) is 8.09. The van der Waals surface area contributed by atoms with Crippen LogP contribution in [0.5, 0.6) is 5.75 Å². The quantitative estimate of drug-likeness (QED) is 0.416. The number of nitrogens with zero attached hydrogens (tertiary/aromatic N) is 3. The smallest absolute Gasteiger partial charge is 0.227 e. The lowest BCUT2D eigenvalue weighted by atomic mass is 10.1. The fourth-order valence-electron chi connectivity index (χ4n) is 4.16. The molecule has 1 amide bonds. The molecule has 0 unspecified atom stereocenters. The van der Waals surface area contributed by atoms with E-state index < -0.39 is 0 Å². The van der Waals surface area contributed by atoms with Crippen LogP contribution in [0.1, 0.15) is 18.2 Å². The molecule has 1 aliphatic heterocycles. The topological polar surface area (TPSA) is 47.4 Å². The summed E-state index contributed by atoms with van der Waals surface area (Å²) in [5, 5.41) is 0.659. The Morgan fingerprint density at radius 2 is 1.71 bits per heavy atom. The minimum Gasteiger partial charge on any atom is -0.492 e. The first kappa shape index (κ1) is 19.6. The van der Waals surface area contributed by atoms with Crippen LogP contribution in [0, 0.1) is 0 Å². The summed E-state index contributed by atoms with van der Waals surface area (Å²) in [5.41, 5.74) is 2.87. The molecule has 0 bridgehead atoms. The minimum absolute atomic E-state index is 0.0207. The van der Waals surface area contributed by atoms with Gasteiger partial charge in [-0.15, -0.1) is 0 Å². The number of hydrogen-bond acceptors (Lipinski definition) is 3. The van der Waals surface area contributed by atoms with Gasteiger partial charge in [0.05, 0.1) is 17.6 Å². The van der Waals surface area contributed by atoms with E-state index in [0.29, 0.717) is 31.1 Å². The summed E-state index contributed by atoms with van der Waals surface area (Å²) in [6.45, 7) is 1.79. The van der Waals surface area contributed by atoms with Crippen molar-refractivity contribution >= 4 is 34.2 Å². The van der Waals surface area contributed by atoms with Crippen LogP contribution in [0.3, 0.4) is 0 Å². The van der Waals surface area contributed by atoms with E-state index in [-0.39, 0.29) is 11.8 Å². The van der Waals surface area contributed by atoms with Gasteiger partial charge in [0.15, 0.2) is 0 Å². The van der Waals surface area contributed by atoms with Crippen LogP contribution in [-0.4, -0.2) is 28.6 Å². The van der Waals surface area contributed by atoms with Gasteiger partial charge >= 0.3 is 0 Å². The summed E-state index contributed by atoms with van der Waals surface area (Å²) >= 11 is 6.01. The minimum atomic E-state index is 0.0207. The molecule has 0 aliphatic carbocycles. The monoisotopic (exact) mass is 431 g/mol. The van der Waals surface area contributed by atoms with E-state index in [9.17, 15) is 4.79 Å². The predicted molar refractivity (Wildman–Crippen MR) is 123 cm³/mol. The number of ether oxygens (including phenoxy) is 1. The molecular formula is C25H22ClN3O2. The summed E-state index contributed by atoms with van der Waals surface area (Å²) in [6.07, 6.45) is 0.436. The zero-order valence-electron chi connectivity index (χ0n) is 16.9. The van der Waals surface area contributed by atoms with Crippen LogP contribution in [-0.2, 0) is 11.3 Å². The second-order valence-electron chi connectivity index (χ2n) is 7.65. The van der Waals surface area contributed by atoms with Crippen molar-refractivity contribution in [1.82, 2.24) is 9.55 Å². The largest absolute Gasteiger partial charge is 0.492 e. The first-order chi connectivity index (χ1) is 15.2. The highest BCUT2D eigenvalue weighted by Crippen LogP contribution is 2.33. The van der Waals surface area contributed by atoms with Gasteiger partial charge in [0, 0.05) is 29.6 Å². The van der Waals surface area contributed by atoms with Crippen molar-refractivity contribution in [1.29, 1.82) is 0 Å². The van der Waals surface area contributed by atoms with Crippen LogP contribution in [0.25, 0.3) is 11.0 Å². The number of amides is 1. The number of halogens is 1. The fourth-order valence-corrected chi connectivity index (χ4v) is 4.29. The van der Waals surface area contributed by atoms with E-state index in [2.05, 4.69) is 10.6 Å². The van der Waals surface area contributed by atoms with Crippen molar-refractivity contribution in [2.75, 3.05) is 18.1 Å². The SMILES string of the molecule is O=C1C[C@@H](c2nc3ccccc3n2CCOc2ccccc2)CN1c1ccc(Cl)cc1. The lowest BCUT2D eigenvalue weighted by Gasteiger charge is -2.17. The highest BCUT2D eigenvalue weighted by Gasteiger charge is 2.34. The summed E-state index contributed by atoms with van der Waals surface area (Å²) in [5.74, 6) is 1.90. The molecule has 0 N–H and O–H groups in total. The molecule has 3 aromatic carbocycles. The van der Waals surface area contributed by atoms with Crippen molar-refractivity contribution < 1.29 is 9.53 Å². The first-order valence-electron chi connectivity index (χ1n) is 10.4. The van der Waals surface area contributed by atoms with Crippen LogP contribution in [0.2, 0.25) is 5.02 Å². The zero-order valence-corrected chi connectivity index (χ0v) is 17.7. The molecule has 0 radical (unpaired) electrons. The number of anilines is 1. The Morgan fingerprint density at radius 3 is 2.52 bits per heavy atom. The summed E-state index contributed by atoms with van der Waals surface area (Å²) in [4.78, 5) is 19.5. The van der Waals surface area contributed by atoms with Crippen LogP contribution < -0.4 is 9.64 Å². The maximum absolute atomic E-state index is 12.8. The zero-order chi connectivity index (χ0) is 21.2. The van der Waals surface area contributed by atoms with Crippen molar-refractivity contribution in [3.05, 3.63) is 89.7 Å². The van der Waals surface area contributed by atoms with E-state index in [1.807, 2.05) is 77.7 Å². The van der Waals surface area contributed by atoms with E-state index in [1.54, 1.807) is 0 Å². The highest BCUT2D eigenvalue weighted by molar-refractivity contribution is 6.30. The normalized spacial score (nSPS) is 16.2. The van der Waals surface area contributed by atoms with Gasteiger partial charge in [0.2, 0.25) is 5.91 Å². The Bertz CT molecular complexity index is 1200. The molecule has 5 nitrogen and oxygen atoms in total. The molecule has 1 aliphatic rings. The number of hydrogen-bond donors (Lipinski definition) is 0. The van der Waals surface area contributed by atoms with Gasteiger partial charge in [-0.3, -0.25) is 4.79 Å². The van der Waals surface area contributed by atoms with Gasteiger partial charge in [0.25, 0.3) is 0 Å². The van der Waals surface area contributed by atoms with Gasteiger partial charge in [0.1, 0.15) is 18.2 Å². The number of carbonyl (C=O) groups is 1. The summed E-state index contributed by atoms with van der Waals surface area (Å²) < 4.78 is 8.13. The Hall–Kier alpha value is -3.31.